The fraction of sp³-hybridized carbons (Fsp3) is 0.500. The number of hydrogen-bond acceptors (Lipinski definition) is 2. The molecule has 0 spiro atoms. The monoisotopic (exact) mass is 246 g/mol. The zero-order valence-corrected chi connectivity index (χ0v) is 10.9. The van der Waals surface area contributed by atoms with Crippen molar-refractivity contribution in [1.29, 1.82) is 0 Å². The zero-order valence-electron chi connectivity index (χ0n) is 10.9. The first-order valence-electron chi connectivity index (χ1n) is 6.90. The van der Waals surface area contributed by atoms with E-state index < -0.39 is 0 Å². The molecule has 1 fully saturated rings. The fourth-order valence-corrected chi connectivity index (χ4v) is 2.23. The van der Waals surface area contributed by atoms with Crippen LogP contribution in [0, 0.1) is 0 Å². The van der Waals surface area contributed by atoms with Crippen LogP contribution in [0.5, 0.6) is 5.75 Å². The Morgan fingerprint density at radius 3 is 2.78 bits per heavy atom. The van der Waals surface area contributed by atoms with Crippen LogP contribution in [0.4, 0.5) is 0 Å². The van der Waals surface area contributed by atoms with Gasteiger partial charge in [-0.3, -0.25) is 0 Å². The van der Waals surface area contributed by atoms with Crippen LogP contribution in [0.3, 0.4) is 0 Å². The summed E-state index contributed by atoms with van der Waals surface area (Å²) in [5.41, 5.74) is 1.03. The highest BCUT2D eigenvalue weighted by atomic mass is 16.7. The Kier molecular flexibility index (Phi) is 5.28. The maximum absolute atomic E-state index is 5.97. The average molecular weight is 246 g/mol. The molecule has 0 N–H and O–H groups in total. The molecule has 0 amide bonds. The van der Waals surface area contributed by atoms with E-state index in [2.05, 4.69) is 6.58 Å². The molecule has 0 bridgehead atoms. The minimum Gasteiger partial charge on any atom is -0.464 e. The molecule has 1 aliphatic heterocycles. The first-order chi connectivity index (χ1) is 8.90. The molecular formula is C16H22O2. The van der Waals surface area contributed by atoms with Crippen LogP contribution in [0.1, 0.15) is 44.1 Å². The van der Waals surface area contributed by atoms with E-state index in [0.717, 1.165) is 30.8 Å². The van der Waals surface area contributed by atoms with Gasteiger partial charge in [-0.1, -0.05) is 50.1 Å². The van der Waals surface area contributed by atoms with Gasteiger partial charge in [0.15, 0.2) is 6.29 Å². The lowest BCUT2D eigenvalue weighted by Gasteiger charge is -2.20. The van der Waals surface area contributed by atoms with E-state index in [4.69, 9.17) is 9.47 Å². The molecule has 0 aliphatic carbocycles. The number of hydrogen-bond donors (Lipinski definition) is 0. The van der Waals surface area contributed by atoms with Crippen molar-refractivity contribution in [2.24, 2.45) is 0 Å². The first kappa shape index (κ1) is 13.2. The van der Waals surface area contributed by atoms with E-state index >= 15 is 0 Å². The van der Waals surface area contributed by atoms with Crippen molar-refractivity contribution in [3.05, 3.63) is 36.4 Å². The predicted octanol–water partition coefficient (Wildman–Crippen LogP) is 4.41. The summed E-state index contributed by atoms with van der Waals surface area (Å²) < 4.78 is 11.8. The van der Waals surface area contributed by atoms with Crippen molar-refractivity contribution in [1.82, 2.24) is 0 Å². The third-order valence-electron chi connectivity index (χ3n) is 3.29. The lowest BCUT2D eigenvalue weighted by molar-refractivity contribution is -0.0845. The molecule has 1 atom stereocenters. The Morgan fingerprint density at radius 2 is 1.89 bits per heavy atom. The minimum absolute atomic E-state index is 0.107. The molecule has 18 heavy (non-hydrogen) atoms. The Bertz CT molecular complexity index is 363. The van der Waals surface area contributed by atoms with Crippen molar-refractivity contribution in [3.8, 4) is 5.75 Å². The molecule has 1 heterocycles. The van der Waals surface area contributed by atoms with Crippen LogP contribution in [0.2, 0.25) is 0 Å². The van der Waals surface area contributed by atoms with Gasteiger partial charge in [-0.2, -0.15) is 0 Å². The number of para-hydroxylation sites is 1. The maximum atomic E-state index is 5.97. The van der Waals surface area contributed by atoms with Gasteiger partial charge in [-0.05, 0) is 18.9 Å². The Balaban J connectivity index is 1.99. The molecule has 2 heteroatoms. The topological polar surface area (TPSA) is 18.5 Å². The Labute approximate surface area is 110 Å². The molecule has 1 aromatic rings. The first-order valence-corrected chi connectivity index (χ1v) is 6.90. The zero-order chi connectivity index (χ0) is 12.6. The molecule has 1 aliphatic rings. The quantitative estimate of drug-likeness (QED) is 0.786. The van der Waals surface area contributed by atoms with Crippen molar-refractivity contribution in [3.63, 3.8) is 0 Å². The van der Waals surface area contributed by atoms with Gasteiger partial charge in [0.1, 0.15) is 5.75 Å². The fourth-order valence-electron chi connectivity index (χ4n) is 2.23. The number of rotatable bonds is 3. The molecule has 1 aromatic carbocycles. The lowest BCUT2D eigenvalue weighted by atomic mass is 10.1. The number of ether oxygens (including phenoxy) is 2. The second-order valence-electron chi connectivity index (χ2n) is 4.72. The van der Waals surface area contributed by atoms with E-state index in [9.17, 15) is 0 Å². The second kappa shape index (κ2) is 7.22. The third-order valence-corrected chi connectivity index (χ3v) is 3.29. The summed E-state index contributed by atoms with van der Waals surface area (Å²) >= 11 is 0. The molecule has 98 valence electrons. The highest BCUT2D eigenvalue weighted by Crippen LogP contribution is 2.23. The standard InChI is InChI=1S/C16H22O2/c1-2-14-10-7-8-11-15(14)18-16-12-6-4-3-5-9-13-17-16/h2,7-8,10-11,16H,1,3-6,9,12-13H2. The highest BCUT2D eigenvalue weighted by molar-refractivity contribution is 5.55. The second-order valence-corrected chi connectivity index (χ2v) is 4.72. The van der Waals surface area contributed by atoms with Crippen molar-refractivity contribution in [2.45, 2.75) is 44.8 Å². The predicted molar refractivity (Wildman–Crippen MR) is 74.6 cm³/mol. The van der Waals surface area contributed by atoms with Crippen LogP contribution in [-0.4, -0.2) is 12.9 Å². The van der Waals surface area contributed by atoms with Crippen molar-refractivity contribution in [2.75, 3.05) is 6.61 Å². The average Bonchev–Trinajstić information content (AvgIpc) is 2.53. The largest absolute Gasteiger partial charge is 0.464 e. The van der Waals surface area contributed by atoms with Crippen molar-refractivity contribution >= 4 is 6.08 Å². The van der Waals surface area contributed by atoms with Gasteiger partial charge in [-0.15, -0.1) is 0 Å². The van der Waals surface area contributed by atoms with Crippen molar-refractivity contribution < 1.29 is 9.47 Å². The molecule has 0 radical (unpaired) electrons. The van der Waals surface area contributed by atoms with Gasteiger partial charge in [0.25, 0.3) is 0 Å². The van der Waals surface area contributed by atoms with E-state index in [0.29, 0.717) is 0 Å². The van der Waals surface area contributed by atoms with E-state index in [1.165, 1.54) is 25.7 Å². The summed E-state index contributed by atoms with van der Waals surface area (Å²) in [5.74, 6) is 0.872. The molecular weight excluding hydrogens is 224 g/mol. The Morgan fingerprint density at radius 1 is 1.11 bits per heavy atom. The highest BCUT2D eigenvalue weighted by Gasteiger charge is 2.13. The van der Waals surface area contributed by atoms with Gasteiger partial charge in [0.2, 0.25) is 0 Å². The summed E-state index contributed by atoms with van der Waals surface area (Å²) in [4.78, 5) is 0. The molecule has 1 saturated heterocycles. The molecule has 2 rings (SSSR count). The summed E-state index contributed by atoms with van der Waals surface area (Å²) in [6.07, 6.45) is 8.89. The van der Waals surface area contributed by atoms with Gasteiger partial charge in [-0.25, -0.2) is 0 Å². The van der Waals surface area contributed by atoms with E-state index in [-0.39, 0.29) is 6.29 Å². The normalized spacial score (nSPS) is 21.4. The summed E-state index contributed by atoms with van der Waals surface area (Å²) in [7, 11) is 0. The molecule has 1 unspecified atom stereocenters. The number of benzene rings is 1. The third kappa shape index (κ3) is 3.88. The minimum atomic E-state index is -0.107. The maximum Gasteiger partial charge on any atom is 0.199 e. The molecule has 0 saturated carbocycles. The molecule has 2 nitrogen and oxygen atoms in total. The smallest absolute Gasteiger partial charge is 0.199 e. The Hall–Kier alpha value is -1.28. The molecule has 0 aromatic heterocycles. The van der Waals surface area contributed by atoms with Crippen LogP contribution >= 0.6 is 0 Å². The SMILES string of the molecule is C=Cc1ccccc1OC1CCCCCCCO1. The summed E-state index contributed by atoms with van der Waals surface area (Å²) in [5, 5.41) is 0. The van der Waals surface area contributed by atoms with Crippen LogP contribution in [-0.2, 0) is 4.74 Å². The van der Waals surface area contributed by atoms with Crippen LogP contribution in [0.15, 0.2) is 30.8 Å². The van der Waals surface area contributed by atoms with Crippen LogP contribution in [0.25, 0.3) is 6.08 Å². The van der Waals surface area contributed by atoms with Gasteiger partial charge < -0.3 is 9.47 Å². The van der Waals surface area contributed by atoms with Gasteiger partial charge in [0, 0.05) is 12.0 Å². The van der Waals surface area contributed by atoms with Crippen LogP contribution < -0.4 is 4.74 Å². The summed E-state index contributed by atoms with van der Waals surface area (Å²) in [6, 6.07) is 7.97. The van der Waals surface area contributed by atoms with E-state index in [1.807, 2.05) is 30.3 Å². The van der Waals surface area contributed by atoms with Gasteiger partial charge in [0.05, 0.1) is 6.61 Å². The summed E-state index contributed by atoms with van der Waals surface area (Å²) in [6.45, 7) is 4.62. The lowest BCUT2D eigenvalue weighted by Crippen LogP contribution is -2.21. The van der Waals surface area contributed by atoms with E-state index in [1.54, 1.807) is 0 Å². The van der Waals surface area contributed by atoms with Gasteiger partial charge >= 0.3 is 0 Å².